The van der Waals surface area contributed by atoms with E-state index in [-0.39, 0.29) is 29.4 Å². The maximum atomic E-state index is 13.4. The van der Waals surface area contributed by atoms with Crippen LogP contribution in [-0.2, 0) is 29.8 Å². The van der Waals surface area contributed by atoms with Crippen molar-refractivity contribution < 1.29 is 22.7 Å². The van der Waals surface area contributed by atoms with Gasteiger partial charge in [-0.05, 0) is 62.4 Å². The fourth-order valence-corrected chi connectivity index (χ4v) is 6.39. The summed E-state index contributed by atoms with van der Waals surface area (Å²) >= 11 is 0. The molecule has 0 unspecified atom stereocenters. The predicted octanol–water partition coefficient (Wildman–Crippen LogP) is 4.24. The van der Waals surface area contributed by atoms with E-state index in [1.54, 1.807) is 49.4 Å². The van der Waals surface area contributed by atoms with Gasteiger partial charge in [-0.25, -0.2) is 8.42 Å². The van der Waals surface area contributed by atoms with E-state index in [0.29, 0.717) is 12.3 Å². The Labute approximate surface area is 201 Å². The van der Waals surface area contributed by atoms with Crippen LogP contribution in [0.2, 0.25) is 0 Å². The molecule has 0 bridgehead atoms. The summed E-state index contributed by atoms with van der Waals surface area (Å²) in [6.07, 6.45) is 6.01. The summed E-state index contributed by atoms with van der Waals surface area (Å²) in [6, 6.07) is 15.3. The minimum absolute atomic E-state index is 0.189. The fraction of sp³-hybridized carbons (Fsp3) is 0.462. The monoisotopic (exact) mass is 484 g/mol. The van der Waals surface area contributed by atoms with Gasteiger partial charge in [0.2, 0.25) is 15.9 Å². The molecule has 34 heavy (non-hydrogen) atoms. The van der Waals surface area contributed by atoms with Gasteiger partial charge in [0, 0.05) is 11.7 Å². The molecule has 0 spiro atoms. The Morgan fingerprint density at radius 3 is 2.24 bits per heavy atom. The van der Waals surface area contributed by atoms with Gasteiger partial charge in [-0.2, -0.15) is 4.31 Å². The highest BCUT2D eigenvalue weighted by molar-refractivity contribution is 7.89. The number of carbonyl (C=O) groups is 2. The number of ether oxygens (including phenoxy) is 1. The summed E-state index contributed by atoms with van der Waals surface area (Å²) in [5.74, 6) is -0.592. The molecule has 0 heterocycles. The smallest absolute Gasteiger partial charge is 0.316 e. The van der Waals surface area contributed by atoms with E-state index in [9.17, 15) is 18.0 Å². The second-order valence-electron chi connectivity index (χ2n) is 9.08. The van der Waals surface area contributed by atoms with Crippen LogP contribution in [0.1, 0.15) is 57.4 Å². The lowest BCUT2D eigenvalue weighted by Gasteiger charge is -2.33. The summed E-state index contributed by atoms with van der Waals surface area (Å²) in [5.41, 5.74) is 0.869. The Morgan fingerprint density at radius 2 is 1.65 bits per heavy atom. The minimum Gasteiger partial charge on any atom is -0.465 e. The van der Waals surface area contributed by atoms with Gasteiger partial charge < -0.3 is 10.1 Å². The Bertz CT molecular complexity index is 1110. The molecule has 2 aliphatic rings. The molecule has 0 aromatic heterocycles. The summed E-state index contributed by atoms with van der Waals surface area (Å²) in [7, 11) is -3.80. The van der Waals surface area contributed by atoms with Gasteiger partial charge >= 0.3 is 5.97 Å². The van der Waals surface area contributed by atoms with Crippen molar-refractivity contribution in [1.29, 1.82) is 0 Å². The third kappa shape index (κ3) is 5.18. The first-order chi connectivity index (χ1) is 16.4. The summed E-state index contributed by atoms with van der Waals surface area (Å²) in [6.45, 7) is 1.90. The molecule has 1 N–H and O–H groups in total. The predicted molar refractivity (Wildman–Crippen MR) is 130 cm³/mol. The zero-order valence-electron chi connectivity index (χ0n) is 19.5. The molecular weight excluding hydrogens is 452 g/mol. The van der Waals surface area contributed by atoms with Crippen molar-refractivity contribution in [2.45, 2.75) is 68.2 Å². The Kier molecular flexibility index (Phi) is 7.38. The van der Waals surface area contributed by atoms with Crippen molar-refractivity contribution in [2.24, 2.45) is 0 Å². The first kappa shape index (κ1) is 24.4. The maximum Gasteiger partial charge on any atom is 0.316 e. The van der Waals surface area contributed by atoms with Crippen molar-refractivity contribution in [3.8, 4) is 0 Å². The van der Waals surface area contributed by atoms with Crippen molar-refractivity contribution in [2.75, 3.05) is 18.5 Å². The average Bonchev–Trinajstić information content (AvgIpc) is 3.66. The van der Waals surface area contributed by atoms with Crippen LogP contribution in [-0.4, -0.2) is 43.8 Å². The molecule has 2 aromatic rings. The van der Waals surface area contributed by atoms with Crippen LogP contribution in [0, 0.1) is 0 Å². The maximum absolute atomic E-state index is 13.4. The van der Waals surface area contributed by atoms with Crippen LogP contribution in [0.25, 0.3) is 0 Å². The molecule has 0 saturated heterocycles. The largest absolute Gasteiger partial charge is 0.465 e. The Morgan fingerprint density at radius 1 is 1.00 bits per heavy atom. The highest BCUT2D eigenvalue weighted by atomic mass is 32.2. The number of esters is 1. The zero-order chi connectivity index (χ0) is 24.2. The molecule has 2 aliphatic carbocycles. The van der Waals surface area contributed by atoms with E-state index in [0.717, 1.165) is 50.5 Å². The van der Waals surface area contributed by atoms with E-state index in [4.69, 9.17) is 4.74 Å². The van der Waals surface area contributed by atoms with E-state index in [1.807, 2.05) is 12.1 Å². The number of hydrogen-bond acceptors (Lipinski definition) is 5. The van der Waals surface area contributed by atoms with Crippen molar-refractivity contribution in [3.63, 3.8) is 0 Å². The highest BCUT2D eigenvalue weighted by Gasteiger charge is 2.52. The SMILES string of the molecule is CCOC(=O)C1(c2ccc(NC(=O)CN(C3CCCCC3)S(=O)(=O)c3ccccc3)cc2)CC1. The van der Waals surface area contributed by atoms with Crippen LogP contribution in [0.4, 0.5) is 5.69 Å². The molecule has 2 saturated carbocycles. The van der Waals surface area contributed by atoms with Crippen molar-refractivity contribution >= 4 is 27.6 Å². The van der Waals surface area contributed by atoms with Crippen molar-refractivity contribution in [3.05, 3.63) is 60.2 Å². The molecule has 182 valence electrons. The van der Waals surface area contributed by atoms with E-state index < -0.39 is 15.4 Å². The second-order valence-corrected chi connectivity index (χ2v) is 11.0. The number of rotatable bonds is 9. The minimum atomic E-state index is -3.80. The molecule has 2 fully saturated rings. The average molecular weight is 485 g/mol. The third-order valence-corrected chi connectivity index (χ3v) is 8.68. The number of hydrogen-bond donors (Lipinski definition) is 1. The number of nitrogens with zero attached hydrogens (tertiary/aromatic N) is 1. The van der Waals surface area contributed by atoms with Crippen LogP contribution in [0.15, 0.2) is 59.5 Å². The number of sulfonamides is 1. The van der Waals surface area contributed by atoms with Crippen LogP contribution in [0.3, 0.4) is 0 Å². The van der Waals surface area contributed by atoms with Crippen LogP contribution in [0.5, 0.6) is 0 Å². The number of amides is 1. The van der Waals surface area contributed by atoms with E-state index >= 15 is 0 Å². The van der Waals surface area contributed by atoms with Crippen LogP contribution >= 0.6 is 0 Å². The Hall–Kier alpha value is -2.71. The number of anilines is 1. The number of benzene rings is 2. The summed E-state index contributed by atoms with van der Waals surface area (Å²) in [5, 5.41) is 2.83. The first-order valence-corrected chi connectivity index (χ1v) is 13.5. The molecule has 2 aromatic carbocycles. The van der Waals surface area contributed by atoms with Gasteiger partial charge in [-0.3, -0.25) is 9.59 Å². The van der Waals surface area contributed by atoms with Gasteiger partial charge in [0.05, 0.1) is 23.5 Å². The van der Waals surface area contributed by atoms with Crippen molar-refractivity contribution in [1.82, 2.24) is 4.31 Å². The number of carbonyl (C=O) groups excluding carboxylic acids is 2. The lowest BCUT2D eigenvalue weighted by Crippen LogP contribution is -2.45. The third-order valence-electron chi connectivity index (χ3n) is 6.77. The molecule has 0 radical (unpaired) electrons. The molecule has 1 amide bonds. The standard InChI is InChI=1S/C26H32N2O5S/c1-2-33-25(30)26(17-18-26)20-13-15-21(16-14-20)27-24(29)19-28(22-9-5-3-6-10-22)34(31,32)23-11-7-4-8-12-23/h4,7-8,11-16,22H,2-3,5-6,9-10,17-19H2,1H3,(H,27,29). The van der Waals surface area contributed by atoms with E-state index in [1.165, 1.54) is 4.31 Å². The zero-order valence-corrected chi connectivity index (χ0v) is 20.4. The molecule has 0 aliphatic heterocycles. The Balaban J connectivity index is 1.47. The normalized spacial score (nSPS) is 17.8. The quantitative estimate of drug-likeness (QED) is 0.538. The van der Waals surface area contributed by atoms with E-state index in [2.05, 4.69) is 5.32 Å². The van der Waals surface area contributed by atoms with Gasteiger partial charge in [0.1, 0.15) is 0 Å². The lowest BCUT2D eigenvalue weighted by molar-refractivity contribution is -0.146. The molecular formula is C26H32N2O5S. The highest BCUT2D eigenvalue weighted by Crippen LogP contribution is 2.49. The van der Waals surface area contributed by atoms with Gasteiger partial charge in [-0.1, -0.05) is 49.6 Å². The topological polar surface area (TPSA) is 92.8 Å². The molecule has 7 nitrogen and oxygen atoms in total. The van der Waals surface area contributed by atoms with Gasteiger partial charge in [0.15, 0.2) is 0 Å². The fourth-order valence-electron chi connectivity index (χ4n) is 4.73. The lowest BCUT2D eigenvalue weighted by atomic mass is 9.95. The second kappa shape index (κ2) is 10.3. The molecule has 8 heteroatoms. The van der Waals surface area contributed by atoms with Gasteiger partial charge in [0.25, 0.3) is 0 Å². The molecule has 0 atom stereocenters. The number of nitrogens with one attached hydrogen (secondary N) is 1. The summed E-state index contributed by atoms with van der Waals surface area (Å²) < 4.78 is 33.4. The summed E-state index contributed by atoms with van der Waals surface area (Å²) in [4.78, 5) is 25.5. The molecule has 4 rings (SSSR count). The van der Waals surface area contributed by atoms with Crippen LogP contribution < -0.4 is 5.32 Å². The first-order valence-electron chi connectivity index (χ1n) is 12.0. The van der Waals surface area contributed by atoms with Gasteiger partial charge in [-0.15, -0.1) is 0 Å².